The van der Waals surface area contributed by atoms with E-state index in [0.717, 1.165) is 18.7 Å². The Hall–Kier alpha value is -1.26. The van der Waals surface area contributed by atoms with E-state index >= 15 is 0 Å². The summed E-state index contributed by atoms with van der Waals surface area (Å²) in [5.74, 6) is 0.192. The van der Waals surface area contributed by atoms with Crippen molar-refractivity contribution < 1.29 is 14.9 Å². The maximum Gasteiger partial charge on any atom is 0.119 e. The number of hydrogen-bond donors (Lipinski definition) is 2. The first-order valence-electron chi connectivity index (χ1n) is 7.05. The monoisotopic (exact) mass is 279 g/mol. The van der Waals surface area contributed by atoms with Gasteiger partial charge in [0, 0.05) is 25.2 Å². The highest BCUT2D eigenvalue weighted by Gasteiger charge is 2.39. The minimum atomic E-state index is -0.213. The largest absolute Gasteiger partial charge is 0.508 e. The lowest BCUT2D eigenvalue weighted by atomic mass is 9.95. The Balaban J connectivity index is 2.25. The number of morpholine rings is 1. The summed E-state index contributed by atoms with van der Waals surface area (Å²) in [7, 11) is 0. The molecule has 1 aliphatic heterocycles. The fourth-order valence-electron chi connectivity index (χ4n) is 3.19. The molecule has 2 rings (SSSR count). The number of hydrogen-bond acceptors (Lipinski definition) is 4. The van der Waals surface area contributed by atoms with Crippen LogP contribution in [0.1, 0.15) is 46.2 Å². The Morgan fingerprint density at radius 1 is 1.00 bits per heavy atom. The molecule has 1 aromatic rings. The van der Waals surface area contributed by atoms with Crippen LogP contribution in [0, 0.1) is 0 Å². The molecule has 1 aromatic carbocycles. The summed E-state index contributed by atoms with van der Waals surface area (Å²) < 4.78 is 6.08. The lowest BCUT2D eigenvalue weighted by molar-refractivity contribution is -0.187. The maximum atomic E-state index is 9.64. The van der Waals surface area contributed by atoms with Crippen molar-refractivity contribution in [3.63, 3.8) is 0 Å². The van der Waals surface area contributed by atoms with Crippen molar-refractivity contribution in [3.05, 3.63) is 23.8 Å². The zero-order valence-electron chi connectivity index (χ0n) is 13.0. The zero-order valence-corrected chi connectivity index (χ0v) is 13.0. The zero-order chi connectivity index (χ0) is 15.1. The highest BCUT2D eigenvalue weighted by molar-refractivity contribution is 5.38. The van der Waals surface area contributed by atoms with Crippen molar-refractivity contribution in [1.82, 2.24) is 4.90 Å². The van der Waals surface area contributed by atoms with Crippen molar-refractivity contribution in [2.24, 2.45) is 0 Å². The molecule has 0 bridgehead atoms. The third kappa shape index (κ3) is 3.44. The van der Waals surface area contributed by atoms with Crippen LogP contribution in [0.5, 0.6) is 11.5 Å². The Morgan fingerprint density at radius 3 is 1.90 bits per heavy atom. The van der Waals surface area contributed by atoms with Crippen LogP contribution in [0.3, 0.4) is 0 Å². The van der Waals surface area contributed by atoms with Crippen LogP contribution in [-0.2, 0) is 4.74 Å². The Kier molecular flexibility index (Phi) is 3.73. The average Bonchev–Trinajstić information content (AvgIpc) is 2.22. The Morgan fingerprint density at radius 2 is 1.45 bits per heavy atom. The molecule has 4 heteroatoms. The van der Waals surface area contributed by atoms with Crippen LogP contribution >= 0.6 is 0 Å². The van der Waals surface area contributed by atoms with E-state index in [1.54, 1.807) is 12.1 Å². The molecule has 1 fully saturated rings. The van der Waals surface area contributed by atoms with E-state index < -0.39 is 0 Å². The summed E-state index contributed by atoms with van der Waals surface area (Å²) in [5, 5.41) is 19.3. The fourth-order valence-corrected chi connectivity index (χ4v) is 3.19. The first kappa shape index (κ1) is 15.1. The second kappa shape index (κ2) is 4.93. The Labute approximate surface area is 121 Å². The second-order valence-electron chi connectivity index (χ2n) is 6.99. The molecular formula is C16H25NO3. The maximum absolute atomic E-state index is 9.64. The van der Waals surface area contributed by atoms with Gasteiger partial charge in [-0.2, -0.15) is 0 Å². The molecular weight excluding hydrogens is 254 g/mol. The van der Waals surface area contributed by atoms with E-state index in [2.05, 4.69) is 39.5 Å². The average molecular weight is 279 g/mol. The third-order valence-electron chi connectivity index (χ3n) is 3.68. The number of nitrogens with zero attached hydrogens (tertiary/aromatic N) is 1. The lowest BCUT2D eigenvalue weighted by Gasteiger charge is -2.49. The van der Waals surface area contributed by atoms with Crippen LogP contribution in [0.4, 0.5) is 0 Å². The lowest BCUT2D eigenvalue weighted by Crippen LogP contribution is -2.57. The van der Waals surface area contributed by atoms with E-state index in [9.17, 15) is 10.2 Å². The number of phenolic OH excluding ortho intramolecular Hbond substituents is 2. The molecule has 1 saturated heterocycles. The van der Waals surface area contributed by atoms with Gasteiger partial charge in [0.1, 0.15) is 11.5 Å². The molecule has 1 unspecified atom stereocenters. The van der Waals surface area contributed by atoms with Gasteiger partial charge in [-0.05, 0) is 52.3 Å². The summed E-state index contributed by atoms with van der Waals surface area (Å²) in [5.41, 5.74) is 0.486. The smallest absolute Gasteiger partial charge is 0.119 e. The molecule has 0 spiro atoms. The number of phenols is 2. The molecule has 1 heterocycles. The minimum Gasteiger partial charge on any atom is -0.508 e. The van der Waals surface area contributed by atoms with Crippen molar-refractivity contribution >= 4 is 0 Å². The van der Waals surface area contributed by atoms with Crippen molar-refractivity contribution in [2.45, 2.75) is 51.9 Å². The van der Waals surface area contributed by atoms with Gasteiger partial charge in [0.25, 0.3) is 0 Å². The van der Waals surface area contributed by atoms with Gasteiger partial charge in [-0.3, -0.25) is 4.90 Å². The fraction of sp³-hybridized carbons (Fsp3) is 0.625. The quantitative estimate of drug-likeness (QED) is 0.873. The molecule has 1 aliphatic rings. The number of benzene rings is 1. The van der Waals surface area contributed by atoms with Crippen molar-refractivity contribution in [2.75, 3.05) is 13.1 Å². The molecule has 112 valence electrons. The van der Waals surface area contributed by atoms with Gasteiger partial charge in [-0.25, -0.2) is 0 Å². The van der Waals surface area contributed by atoms with Gasteiger partial charge < -0.3 is 14.9 Å². The summed E-state index contributed by atoms with van der Waals surface area (Å²) >= 11 is 0. The summed E-state index contributed by atoms with van der Waals surface area (Å²) in [6.45, 7) is 12.1. The molecule has 20 heavy (non-hydrogen) atoms. The Bertz CT molecular complexity index is 460. The number of rotatable bonds is 2. The van der Waals surface area contributed by atoms with Crippen LogP contribution < -0.4 is 0 Å². The third-order valence-corrected chi connectivity index (χ3v) is 3.68. The van der Waals surface area contributed by atoms with Gasteiger partial charge in [0.15, 0.2) is 0 Å². The second-order valence-corrected chi connectivity index (χ2v) is 6.99. The van der Waals surface area contributed by atoms with E-state index in [1.165, 1.54) is 6.07 Å². The van der Waals surface area contributed by atoms with Crippen LogP contribution in [0.25, 0.3) is 0 Å². The first-order valence-corrected chi connectivity index (χ1v) is 7.05. The topological polar surface area (TPSA) is 52.9 Å². The molecule has 0 amide bonds. The standard InChI is InChI=1S/C16H25NO3/c1-11(12-6-13(18)8-14(19)7-12)17-9-15(2,3)20-16(4,5)10-17/h6-8,11,18-19H,9-10H2,1-5H3. The highest BCUT2D eigenvalue weighted by Crippen LogP contribution is 2.35. The van der Waals surface area contributed by atoms with E-state index in [-0.39, 0.29) is 28.7 Å². The van der Waals surface area contributed by atoms with Gasteiger partial charge >= 0.3 is 0 Å². The molecule has 4 nitrogen and oxygen atoms in total. The van der Waals surface area contributed by atoms with E-state index in [1.807, 2.05) is 0 Å². The number of ether oxygens (including phenoxy) is 1. The molecule has 0 radical (unpaired) electrons. The molecule has 0 saturated carbocycles. The van der Waals surface area contributed by atoms with Crippen molar-refractivity contribution in [1.29, 1.82) is 0 Å². The summed E-state index contributed by atoms with van der Waals surface area (Å²) in [4.78, 5) is 2.33. The van der Waals surface area contributed by atoms with Crippen LogP contribution in [-0.4, -0.2) is 39.4 Å². The highest BCUT2D eigenvalue weighted by atomic mass is 16.5. The molecule has 2 N–H and O–H groups in total. The predicted molar refractivity (Wildman–Crippen MR) is 79.0 cm³/mol. The summed E-state index contributed by atoms with van der Waals surface area (Å²) in [6.07, 6.45) is 0. The molecule has 1 atom stereocenters. The van der Waals surface area contributed by atoms with Crippen LogP contribution in [0.2, 0.25) is 0 Å². The van der Waals surface area contributed by atoms with Gasteiger partial charge in [0.2, 0.25) is 0 Å². The van der Waals surface area contributed by atoms with Gasteiger partial charge in [0.05, 0.1) is 11.2 Å². The first-order chi connectivity index (χ1) is 9.08. The van der Waals surface area contributed by atoms with Crippen molar-refractivity contribution in [3.8, 4) is 11.5 Å². The molecule has 0 aliphatic carbocycles. The predicted octanol–water partition coefficient (Wildman–Crippen LogP) is 3.05. The van der Waals surface area contributed by atoms with Gasteiger partial charge in [-0.15, -0.1) is 0 Å². The van der Waals surface area contributed by atoms with Crippen LogP contribution in [0.15, 0.2) is 18.2 Å². The van der Waals surface area contributed by atoms with E-state index in [0.29, 0.717) is 0 Å². The SMILES string of the molecule is CC(c1cc(O)cc(O)c1)N1CC(C)(C)OC(C)(C)C1. The number of aromatic hydroxyl groups is 2. The summed E-state index contributed by atoms with van der Waals surface area (Å²) in [6, 6.07) is 4.87. The van der Waals surface area contributed by atoms with Gasteiger partial charge in [-0.1, -0.05) is 0 Å². The minimum absolute atomic E-state index is 0.0960. The molecule has 0 aromatic heterocycles. The van der Waals surface area contributed by atoms with E-state index in [4.69, 9.17) is 4.74 Å². The normalized spacial score (nSPS) is 23.4.